The van der Waals surface area contributed by atoms with Gasteiger partial charge in [-0.1, -0.05) is 26.2 Å². The molecular formula is C10H17NaO2. The van der Waals surface area contributed by atoms with Crippen molar-refractivity contribution in [1.82, 2.24) is 0 Å². The molecule has 0 saturated heterocycles. The van der Waals surface area contributed by atoms with Gasteiger partial charge in [0.2, 0.25) is 0 Å². The molecule has 0 spiro atoms. The second-order valence-electron chi connectivity index (χ2n) is 3.86. The Hall–Kier alpha value is 0.470. The van der Waals surface area contributed by atoms with Crippen LogP contribution in [0.3, 0.4) is 0 Å². The van der Waals surface area contributed by atoms with E-state index in [0.29, 0.717) is 5.92 Å². The minimum atomic E-state index is -0.894. The van der Waals surface area contributed by atoms with Gasteiger partial charge in [-0.05, 0) is 31.1 Å². The van der Waals surface area contributed by atoms with Crippen LogP contribution in [0.1, 0.15) is 45.4 Å². The van der Waals surface area contributed by atoms with Crippen molar-refractivity contribution in [2.24, 2.45) is 11.8 Å². The fraction of sp³-hybridized carbons (Fsp3) is 0.900. The zero-order valence-corrected chi connectivity index (χ0v) is 10.7. The summed E-state index contributed by atoms with van der Waals surface area (Å²) in [4.78, 5) is 10.2. The van der Waals surface area contributed by atoms with Crippen molar-refractivity contribution < 1.29 is 39.5 Å². The third-order valence-corrected chi connectivity index (χ3v) is 2.98. The summed E-state index contributed by atoms with van der Waals surface area (Å²) < 4.78 is 0. The van der Waals surface area contributed by atoms with Crippen LogP contribution in [0.15, 0.2) is 0 Å². The van der Waals surface area contributed by atoms with Gasteiger partial charge < -0.3 is 9.90 Å². The number of carboxylic acid groups (broad SMARTS) is 1. The zero-order valence-electron chi connectivity index (χ0n) is 8.71. The van der Waals surface area contributed by atoms with E-state index in [9.17, 15) is 9.90 Å². The first-order chi connectivity index (χ1) is 5.72. The van der Waals surface area contributed by atoms with Gasteiger partial charge in [-0.25, -0.2) is 0 Å². The molecule has 3 heteroatoms. The van der Waals surface area contributed by atoms with Gasteiger partial charge in [-0.15, -0.1) is 0 Å². The van der Waals surface area contributed by atoms with Crippen LogP contribution in [-0.4, -0.2) is 5.97 Å². The summed E-state index contributed by atoms with van der Waals surface area (Å²) in [5.74, 6) is 0.625. The zero-order chi connectivity index (χ0) is 8.97. The Kier molecular flexibility index (Phi) is 7.10. The van der Waals surface area contributed by atoms with E-state index in [2.05, 4.69) is 6.92 Å². The Morgan fingerprint density at radius 3 is 2.46 bits per heavy atom. The maximum atomic E-state index is 10.2. The monoisotopic (exact) mass is 192 g/mol. The molecule has 0 heterocycles. The van der Waals surface area contributed by atoms with Crippen LogP contribution in [0, 0.1) is 11.8 Å². The Labute approximate surface area is 102 Å². The van der Waals surface area contributed by atoms with Crippen LogP contribution in [0.4, 0.5) is 0 Å². The molecule has 1 aliphatic rings. The fourth-order valence-electron chi connectivity index (χ4n) is 2.13. The Morgan fingerprint density at radius 2 is 2.00 bits per heavy atom. The molecule has 13 heavy (non-hydrogen) atoms. The molecule has 1 fully saturated rings. The molecule has 0 radical (unpaired) electrons. The number of carbonyl (C=O) groups is 1. The summed E-state index contributed by atoms with van der Waals surface area (Å²) in [6, 6.07) is 0. The minimum Gasteiger partial charge on any atom is -0.550 e. The third-order valence-electron chi connectivity index (χ3n) is 2.98. The second kappa shape index (κ2) is 6.86. The molecule has 1 saturated carbocycles. The second-order valence-corrected chi connectivity index (χ2v) is 3.86. The largest absolute Gasteiger partial charge is 1.00 e. The first-order valence-electron chi connectivity index (χ1n) is 4.92. The number of aliphatic carboxylic acids is 1. The Morgan fingerprint density at radius 1 is 1.38 bits per heavy atom. The van der Waals surface area contributed by atoms with E-state index >= 15 is 0 Å². The standard InChI is InChI=1S/C10H18O2.Na/c1-2-8-3-4-9(7-8)5-6-10(11)12;/h8-9H,2-7H2,1H3,(H,11,12);/q;+1/p-1. The van der Waals surface area contributed by atoms with Gasteiger partial charge in [0.1, 0.15) is 0 Å². The first kappa shape index (κ1) is 13.5. The molecule has 2 nitrogen and oxygen atoms in total. The van der Waals surface area contributed by atoms with Crippen molar-refractivity contribution >= 4 is 5.97 Å². The maximum Gasteiger partial charge on any atom is 1.00 e. The van der Waals surface area contributed by atoms with Crippen molar-refractivity contribution in [3.8, 4) is 0 Å². The molecule has 1 aliphatic carbocycles. The quantitative estimate of drug-likeness (QED) is 0.501. The molecule has 2 atom stereocenters. The summed E-state index contributed by atoms with van der Waals surface area (Å²) in [5, 5.41) is 10.2. The topological polar surface area (TPSA) is 40.1 Å². The summed E-state index contributed by atoms with van der Waals surface area (Å²) in [7, 11) is 0. The van der Waals surface area contributed by atoms with Gasteiger partial charge in [-0.2, -0.15) is 0 Å². The molecule has 0 aromatic rings. The van der Waals surface area contributed by atoms with E-state index in [4.69, 9.17) is 0 Å². The molecular weight excluding hydrogens is 175 g/mol. The molecule has 0 amide bonds. The smallest absolute Gasteiger partial charge is 0.550 e. The van der Waals surface area contributed by atoms with Crippen molar-refractivity contribution in [3.63, 3.8) is 0 Å². The number of carbonyl (C=O) groups excluding carboxylic acids is 1. The van der Waals surface area contributed by atoms with Crippen LogP contribution in [-0.2, 0) is 4.79 Å². The van der Waals surface area contributed by atoms with Crippen LogP contribution < -0.4 is 34.7 Å². The molecule has 0 aromatic heterocycles. The molecule has 2 unspecified atom stereocenters. The van der Waals surface area contributed by atoms with Gasteiger partial charge in [0.05, 0.1) is 0 Å². The first-order valence-corrected chi connectivity index (χ1v) is 4.92. The summed E-state index contributed by atoms with van der Waals surface area (Å²) in [6.45, 7) is 2.21. The average molecular weight is 192 g/mol. The van der Waals surface area contributed by atoms with E-state index in [1.165, 1.54) is 25.7 Å². The van der Waals surface area contributed by atoms with Crippen molar-refractivity contribution in [1.29, 1.82) is 0 Å². The van der Waals surface area contributed by atoms with Gasteiger partial charge in [-0.3, -0.25) is 0 Å². The Bertz CT molecular complexity index is 159. The minimum absolute atomic E-state index is 0. The molecule has 1 rings (SSSR count). The van der Waals surface area contributed by atoms with Crippen LogP contribution >= 0.6 is 0 Å². The summed E-state index contributed by atoms with van der Waals surface area (Å²) >= 11 is 0. The van der Waals surface area contributed by atoms with E-state index < -0.39 is 5.97 Å². The van der Waals surface area contributed by atoms with Gasteiger partial charge in [0, 0.05) is 5.97 Å². The normalized spacial score (nSPS) is 26.8. The van der Waals surface area contributed by atoms with Crippen molar-refractivity contribution in [2.45, 2.75) is 45.4 Å². The van der Waals surface area contributed by atoms with E-state index in [-0.39, 0.29) is 36.0 Å². The predicted molar refractivity (Wildman–Crippen MR) is 45.4 cm³/mol. The van der Waals surface area contributed by atoms with Crippen molar-refractivity contribution in [3.05, 3.63) is 0 Å². The van der Waals surface area contributed by atoms with E-state index in [0.717, 1.165) is 12.3 Å². The van der Waals surface area contributed by atoms with Crippen LogP contribution in [0.25, 0.3) is 0 Å². The molecule has 0 bridgehead atoms. The number of hydrogen-bond acceptors (Lipinski definition) is 2. The number of carboxylic acids is 1. The number of rotatable bonds is 4. The summed E-state index contributed by atoms with van der Waals surface area (Å²) in [5.41, 5.74) is 0. The molecule has 0 aliphatic heterocycles. The van der Waals surface area contributed by atoms with Crippen LogP contribution in [0.5, 0.6) is 0 Å². The molecule has 70 valence electrons. The fourth-order valence-corrected chi connectivity index (χ4v) is 2.13. The third kappa shape index (κ3) is 5.04. The van der Waals surface area contributed by atoms with Crippen LogP contribution in [0.2, 0.25) is 0 Å². The SMILES string of the molecule is CCC1CCC(CCC(=O)[O-])C1.[Na+]. The maximum absolute atomic E-state index is 10.2. The number of hydrogen-bond donors (Lipinski definition) is 0. The van der Waals surface area contributed by atoms with Gasteiger partial charge in [0.15, 0.2) is 0 Å². The van der Waals surface area contributed by atoms with Crippen molar-refractivity contribution in [2.75, 3.05) is 0 Å². The Balaban J connectivity index is 0.00000144. The average Bonchev–Trinajstić information content (AvgIpc) is 2.48. The molecule has 0 aromatic carbocycles. The van der Waals surface area contributed by atoms with Gasteiger partial charge >= 0.3 is 29.6 Å². The summed E-state index contributed by atoms with van der Waals surface area (Å²) in [6.07, 6.45) is 6.10. The van der Waals surface area contributed by atoms with E-state index in [1.54, 1.807) is 0 Å². The molecule has 0 N–H and O–H groups in total. The van der Waals surface area contributed by atoms with E-state index in [1.807, 2.05) is 0 Å². The predicted octanol–water partition coefficient (Wildman–Crippen LogP) is -1.65. The van der Waals surface area contributed by atoms with Gasteiger partial charge in [0.25, 0.3) is 0 Å².